The number of benzene rings is 1. The summed E-state index contributed by atoms with van der Waals surface area (Å²) < 4.78 is 5.25. The van der Waals surface area contributed by atoms with E-state index >= 15 is 0 Å². The Morgan fingerprint density at radius 1 is 1.20 bits per heavy atom. The van der Waals surface area contributed by atoms with Gasteiger partial charge in [0.25, 0.3) is 0 Å². The molecule has 1 unspecified atom stereocenters. The Morgan fingerprint density at radius 2 is 1.96 bits per heavy atom. The maximum Gasteiger partial charge on any atom is 0.315 e. The molecule has 2 N–H and O–H groups in total. The van der Waals surface area contributed by atoms with Gasteiger partial charge in [0.1, 0.15) is 0 Å². The zero-order valence-electron chi connectivity index (χ0n) is 14.2. The number of nitrogens with zero attached hydrogens (tertiary/aromatic N) is 2. The summed E-state index contributed by atoms with van der Waals surface area (Å²) in [7, 11) is 1.58. The molecular weight excluding hydrogens is 316 g/mol. The van der Waals surface area contributed by atoms with Gasteiger partial charge in [0.15, 0.2) is 0 Å². The van der Waals surface area contributed by atoms with Crippen molar-refractivity contribution in [2.75, 3.05) is 7.11 Å². The van der Waals surface area contributed by atoms with Crippen LogP contribution in [0.25, 0.3) is 10.9 Å². The Morgan fingerprint density at radius 3 is 2.72 bits per heavy atom. The highest BCUT2D eigenvalue weighted by atomic mass is 16.5. The summed E-state index contributed by atoms with van der Waals surface area (Å²) in [6, 6.07) is 13.0. The van der Waals surface area contributed by atoms with Gasteiger partial charge in [-0.3, -0.25) is 4.98 Å². The summed E-state index contributed by atoms with van der Waals surface area (Å²) in [6.07, 6.45) is 3.42. The predicted octanol–water partition coefficient (Wildman–Crippen LogP) is 3.20. The molecule has 128 valence electrons. The summed E-state index contributed by atoms with van der Waals surface area (Å²) >= 11 is 0. The lowest BCUT2D eigenvalue weighted by Gasteiger charge is -2.15. The number of amides is 2. The quantitative estimate of drug-likeness (QED) is 0.750. The summed E-state index contributed by atoms with van der Waals surface area (Å²) in [5.41, 5.74) is 2.79. The zero-order valence-corrected chi connectivity index (χ0v) is 14.2. The van der Waals surface area contributed by atoms with Gasteiger partial charge in [-0.15, -0.1) is 0 Å². The van der Waals surface area contributed by atoms with Crippen LogP contribution < -0.4 is 15.4 Å². The summed E-state index contributed by atoms with van der Waals surface area (Å²) in [4.78, 5) is 20.6. The second-order valence-corrected chi connectivity index (χ2v) is 5.67. The number of carbonyl (C=O) groups excluding carboxylic acids is 1. The largest absolute Gasteiger partial charge is 0.481 e. The summed E-state index contributed by atoms with van der Waals surface area (Å²) in [5.74, 6) is 0.529. The van der Waals surface area contributed by atoms with Crippen LogP contribution in [0.2, 0.25) is 0 Å². The molecule has 0 radical (unpaired) electrons. The lowest BCUT2D eigenvalue weighted by atomic mass is 10.1. The maximum absolute atomic E-state index is 12.2. The number of para-hydroxylation sites is 1. The molecule has 0 saturated carbocycles. The Kier molecular flexibility index (Phi) is 5.09. The fraction of sp³-hybridized carbons (Fsp3) is 0.211. The van der Waals surface area contributed by atoms with Crippen LogP contribution in [0.3, 0.4) is 0 Å². The molecule has 6 heteroatoms. The highest BCUT2D eigenvalue weighted by Crippen LogP contribution is 2.21. The van der Waals surface area contributed by atoms with E-state index < -0.39 is 0 Å². The van der Waals surface area contributed by atoms with Crippen LogP contribution in [0.4, 0.5) is 4.79 Å². The van der Waals surface area contributed by atoms with Gasteiger partial charge in [0.05, 0.1) is 18.7 Å². The topological polar surface area (TPSA) is 76.1 Å². The van der Waals surface area contributed by atoms with Crippen molar-refractivity contribution in [2.45, 2.75) is 19.5 Å². The van der Waals surface area contributed by atoms with Crippen molar-refractivity contribution in [3.05, 3.63) is 66.0 Å². The smallest absolute Gasteiger partial charge is 0.315 e. The lowest BCUT2D eigenvalue weighted by Crippen LogP contribution is -2.36. The SMILES string of the molecule is COc1cc(CNC(=O)NC(C)c2ccncc2)c2ccccc2n1. The van der Waals surface area contributed by atoms with Crippen molar-refractivity contribution in [1.82, 2.24) is 20.6 Å². The van der Waals surface area contributed by atoms with E-state index in [-0.39, 0.29) is 12.1 Å². The van der Waals surface area contributed by atoms with Crippen molar-refractivity contribution < 1.29 is 9.53 Å². The highest BCUT2D eigenvalue weighted by molar-refractivity contribution is 5.83. The van der Waals surface area contributed by atoms with Gasteiger partial charge < -0.3 is 15.4 Å². The molecule has 3 aromatic rings. The van der Waals surface area contributed by atoms with Gasteiger partial charge in [0, 0.05) is 30.4 Å². The van der Waals surface area contributed by atoms with E-state index in [0.29, 0.717) is 12.4 Å². The molecule has 2 amide bonds. The van der Waals surface area contributed by atoms with E-state index in [1.165, 1.54) is 0 Å². The monoisotopic (exact) mass is 336 g/mol. The van der Waals surface area contributed by atoms with Crippen LogP contribution in [0, 0.1) is 0 Å². The third kappa shape index (κ3) is 4.03. The Hall–Kier alpha value is -3.15. The minimum absolute atomic E-state index is 0.105. The number of aromatic nitrogens is 2. The van der Waals surface area contributed by atoms with Crippen molar-refractivity contribution >= 4 is 16.9 Å². The maximum atomic E-state index is 12.2. The molecule has 1 aromatic carbocycles. The molecule has 0 bridgehead atoms. The first-order chi connectivity index (χ1) is 12.2. The van der Waals surface area contributed by atoms with Crippen LogP contribution in [-0.2, 0) is 6.54 Å². The Bertz CT molecular complexity index is 868. The van der Waals surface area contributed by atoms with E-state index in [0.717, 1.165) is 22.0 Å². The molecule has 0 aliphatic rings. The second-order valence-electron chi connectivity index (χ2n) is 5.67. The number of ether oxygens (including phenoxy) is 1. The van der Waals surface area contributed by atoms with Crippen LogP contribution in [-0.4, -0.2) is 23.1 Å². The van der Waals surface area contributed by atoms with Crippen LogP contribution in [0.15, 0.2) is 54.9 Å². The number of rotatable bonds is 5. The van der Waals surface area contributed by atoms with Crippen molar-refractivity contribution in [2.24, 2.45) is 0 Å². The Labute approximate surface area is 146 Å². The van der Waals surface area contributed by atoms with Gasteiger partial charge in [-0.05, 0) is 36.2 Å². The normalized spacial score (nSPS) is 11.8. The third-order valence-corrected chi connectivity index (χ3v) is 3.98. The van der Waals surface area contributed by atoms with Gasteiger partial charge >= 0.3 is 6.03 Å². The molecule has 0 fully saturated rings. The van der Waals surface area contributed by atoms with E-state index in [9.17, 15) is 4.79 Å². The first-order valence-corrected chi connectivity index (χ1v) is 8.04. The molecule has 0 saturated heterocycles. The summed E-state index contributed by atoms with van der Waals surface area (Å²) in [6.45, 7) is 2.31. The van der Waals surface area contributed by atoms with Gasteiger partial charge in [-0.25, -0.2) is 9.78 Å². The number of fused-ring (bicyclic) bond motifs is 1. The van der Waals surface area contributed by atoms with Crippen LogP contribution >= 0.6 is 0 Å². The molecular formula is C19H20N4O2. The highest BCUT2D eigenvalue weighted by Gasteiger charge is 2.11. The number of hydrogen-bond acceptors (Lipinski definition) is 4. The molecule has 2 aromatic heterocycles. The van der Waals surface area contributed by atoms with Crippen LogP contribution in [0.1, 0.15) is 24.1 Å². The van der Waals surface area contributed by atoms with Crippen molar-refractivity contribution in [3.8, 4) is 5.88 Å². The number of urea groups is 1. The fourth-order valence-electron chi connectivity index (χ4n) is 2.63. The molecule has 3 rings (SSSR count). The summed E-state index contributed by atoms with van der Waals surface area (Å²) in [5, 5.41) is 6.80. The molecule has 0 aliphatic carbocycles. The molecule has 6 nitrogen and oxygen atoms in total. The molecule has 1 atom stereocenters. The average Bonchev–Trinajstić information content (AvgIpc) is 2.66. The second kappa shape index (κ2) is 7.61. The first-order valence-electron chi connectivity index (χ1n) is 8.04. The number of methoxy groups -OCH3 is 1. The molecule has 0 spiro atoms. The zero-order chi connectivity index (χ0) is 17.6. The minimum Gasteiger partial charge on any atom is -0.481 e. The standard InChI is InChI=1S/C19H20N4O2/c1-13(14-7-9-20-10-8-14)22-19(24)21-12-15-11-18(25-2)23-17-6-4-3-5-16(15)17/h3-11,13H,12H2,1-2H3,(H2,21,22,24). The molecule has 25 heavy (non-hydrogen) atoms. The van der Waals surface area contributed by atoms with E-state index in [1.807, 2.05) is 49.4 Å². The number of carbonyl (C=O) groups is 1. The minimum atomic E-state index is -0.232. The van der Waals surface area contributed by atoms with E-state index in [1.54, 1.807) is 19.5 Å². The lowest BCUT2D eigenvalue weighted by molar-refractivity contribution is 0.237. The van der Waals surface area contributed by atoms with E-state index in [4.69, 9.17) is 4.74 Å². The predicted molar refractivity (Wildman–Crippen MR) is 96.3 cm³/mol. The Balaban J connectivity index is 1.69. The van der Waals surface area contributed by atoms with Crippen LogP contribution in [0.5, 0.6) is 5.88 Å². The van der Waals surface area contributed by atoms with Crippen molar-refractivity contribution in [1.29, 1.82) is 0 Å². The fourth-order valence-corrected chi connectivity index (χ4v) is 2.63. The van der Waals surface area contributed by atoms with Gasteiger partial charge in [-0.1, -0.05) is 18.2 Å². The van der Waals surface area contributed by atoms with E-state index in [2.05, 4.69) is 20.6 Å². The van der Waals surface area contributed by atoms with Crippen molar-refractivity contribution in [3.63, 3.8) is 0 Å². The number of nitrogens with one attached hydrogen (secondary N) is 2. The number of hydrogen-bond donors (Lipinski definition) is 2. The molecule has 2 heterocycles. The van der Waals surface area contributed by atoms with Gasteiger partial charge in [0.2, 0.25) is 5.88 Å². The first kappa shape index (κ1) is 16.7. The molecule has 0 aliphatic heterocycles. The third-order valence-electron chi connectivity index (χ3n) is 3.98. The van der Waals surface area contributed by atoms with Gasteiger partial charge in [-0.2, -0.15) is 0 Å². The average molecular weight is 336 g/mol. The number of pyridine rings is 2.